The molecule has 0 bridgehead atoms. The number of hydrogen-bond donors (Lipinski definition) is 0. The van der Waals surface area contributed by atoms with Crippen molar-refractivity contribution in [3.05, 3.63) is 23.8 Å². The van der Waals surface area contributed by atoms with Gasteiger partial charge in [-0.2, -0.15) is 0 Å². The van der Waals surface area contributed by atoms with Crippen molar-refractivity contribution in [2.24, 2.45) is 0 Å². The average molecular weight is 236 g/mol. The fourth-order valence-electron chi connectivity index (χ4n) is 1.73. The van der Waals surface area contributed by atoms with Gasteiger partial charge in [0.25, 0.3) is 0 Å². The molecule has 2 rings (SSSR count). The van der Waals surface area contributed by atoms with E-state index in [1.165, 1.54) is 5.56 Å². The van der Waals surface area contributed by atoms with Crippen LogP contribution in [0.25, 0.3) is 0 Å². The summed E-state index contributed by atoms with van der Waals surface area (Å²) in [6, 6.07) is 6.18. The molecule has 0 spiro atoms. The van der Waals surface area contributed by atoms with Gasteiger partial charge in [0, 0.05) is 0 Å². The van der Waals surface area contributed by atoms with E-state index in [2.05, 4.69) is 19.1 Å². The van der Waals surface area contributed by atoms with Gasteiger partial charge in [0.15, 0.2) is 11.5 Å². The molecule has 0 amide bonds. The molecule has 3 heteroatoms. The summed E-state index contributed by atoms with van der Waals surface area (Å²) in [5.41, 5.74) is 1.29. The summed E-state index contributed by atoms with van der Waals surface area (Å²) in [6.07, 6.45) is 2.49. The molecular weight excluding hydrogens is 216 g/mol. The number of hydrogen-bond acceptors (Lipinski definition) is 3. The molecule has 3 nitrogen and oxygen atoms in total. The van der Waals surface area contributed by atoms with E-state index in [0.717, 1.165) is 30.9 Å². The third-order valence-electron chi connectivity index (χ3n) is 2.67. The van der Waals surface area contributed by atoms with Crippen LogP contribution in [0, 0.1) is 0 Å². The molecule has 0 saturated carbocycles. The SMILES string of the molecule is CCCc1ccc(OCC)c(OCC2CO2)c1. The number of benzene rings is 1. The summed E-state index contributed by atoms with van der Waals surface area (Å²) >= 11 is 0. The number of epoxide rings is 1. The second kappa shape index (κ2) is 5.92. The van der Waals surface area contributed by atoms with E-state index in [9.17, 15) is 0 Å². The lowest BCUT2D eigenvalue weighted by Gasteiger charge is -2.12. The maximum absolute atomic E-state index is 5.75. The van der Waals surface area contributed by atoms with E-state index < -0.39 is 0 Å². The zero-order chi connectivity index (χ0) is 12.1. The smallest absolute Gasteiger partial charge is 0.161 e. The van der Waals surface area contributed by atoms with Gasteiger partial charge in [-0.1, -0.05) is 19.4 Å². The molecule has 94 valence electrons. The van der Waals surface area contributed by atoms with Crippen molar-refractivity contribution >= 4 is 0 Å². The highest BCUT2D eigenvalue weighted by atomic mass is 16.6. The van der Waals surface area contributed by atoms with Crippen molar-refractivity contribution in [1.82, 2.24) is 0 Å². The molecule has 1 atom stereocenters. The molecular formula is C14H20O3. The fraction of sp³-hybridized carbons (Fsp3) is 0.571. The molecule has 1 aliphatic rings. The van der Waals surface area contributed by atoms with Gasteiger partial charge in [0.05, 0.1) is 13.2 Å². The van der Waals surface area contributed by atoms with Crippen molar-refractivity contribution in [3.8, 4) is 11.5 Å². The van der Waals surface area contributed by atoms with Crippen LogP contribution in [0.1, 0.15) is 25.8 Å². The number of aryl methyl sites for hydroxylation is 1. The minimum atomic E-state index is 0.277. The van der Waals surface area contributed by atoms with Crippen molar-refractivity contribution in [3.63, 3.8) is 0 Å². The van der Waals surface area contributed by atoms with Crippen LogP contribution in [0.4, 0.5) is 0 Å². The Morgan fingerprint density at radius 3 is 2.71 bits per heavy atom. The number of rotatable bonds is 7. The minimum Gasteiger partial charge on any atom is -0.490 e. The van der Waals surface area contributed by atoms with Crippen LogP contribution in [-0.2, 0) is 11.2 Å². The van der Waals surface area contributed by atoms with Crippen LogP contribution in [0.3, 0.4) is 0 Å². The van der Waals surface area contributed by atoms with Gasteiger partial charge < -0.3 is 14.2 Å². The zero-order valence-corrected chi connectivity index (χ0v) is 10.6. The lowest BCUT2D eigenvalue weighted by Crippen LogP contribution is -2.06. The predicted molar refractivity (Wildman–Crippen MR) is 66.8 cm³/mol. The van der Waals surface area contributed by atoms with Crippen LogP contribution in [0.15, 0.2) is 18.2 Å². The Balaban J connectivity index is 2.06. The molecule has 0 radical (unpaired) electrons. The average Bonchev–Trinajstić information content (AvgIpc) is 3.14. The zero-order valence-electron chi connectivity index (χ0n) is 10.6. The van der Waals surface area contributed by atoms with E-state index in [1.807, 2.05) is 13.0 Å². The maximum atomic E-state index is 5.75. The normalized spacial score (nSPS) is 17.9. The minimum absolute atomic E-state index is 0.277. The van der Waals surface area contributed by atoms with Gasteiger partial charge in [-0.05, 0) is 31.0 Å². The highest BCUT2D eigenvalue weighted by Crippen LogP contribution is 2.29. The second-order valence-electron chi connectivity index (χ2n) is 4.23. The van der Waals surface area contributed by atoms with Gasteiger partial charge in [-0.3, -0.25) is 0 Å². The van der Waals surface area contributed by atoms with Crippen LogP contribution in [-0.4, -0.2) is 25.9 Å². The summed E-state index contributed by atoms with van der Waals surface area (Å²) in [5.74, 6) is 1.67. The lowest BCUT2D eigenvalue weighted by atomic mass is 10.1. The van der Waals surface area contributed by atoms with Crippen molar-refractivity contribution in [2.75, 3.05) is 19.8 Å². The first-order chi connectivity index (χ1) is 8.33. The van der Waals surface area contributed by atoms with Crippen molar-refractivity contribution < 1.29 is 14.2 Å². The molecule has 1 saturated heterocycles. The van der Waals surface area contributed by atoms with E-state index in [1.54, 1.807) is 0 Å². The van der Waals surface area contributed by atoms with Gasteiger partial charge in [0.2, 0.25) is 0 Å². The van der Waals surface area contributed by atoms with Gasteiger partial charge in [-0.25, -0.2) is 0 Å². The molecule has 1 aliphatic heterocycles. The summed E-state index contributed by atoms with van der Waals surface area (Å²) < 4.78 is 16.4. The Kier molecular flexibility index (Phi) is 4.26. The standard InChI is InChI=1S/C14H20O3/c1-3-5-11-6-7-13(15-4-2)14(8-11)17-10-12-9-16-12/h6-8,12H,3-5,9-10H2,1-2H3. The Morgan fingerprint density at radius 2 is 2.06 bits per heavy atom. The molecule has 17 heavy (non-hydrogen) atoms. The Morgan fingerprint density at radius 1 is 1.24 bits per heavy atom. The first kappa shape index (κ1) is 12.2. The predicted octanol–water partition coefficient (Wildman–Crippen LogP) is 2.82. The maximum Gasteiger partial charge on any atom is 0.161 e. The van der Waals surface area contributed by atoms with Gasteiger partial charge in [-0.15, -0.1) is 0 Å². The molecule has 0 N–H and O–H groups in total. The third kappa shape index (κ3) is 3.63. The summed E-state index contributed by atoms with van der Waals surface area (Å²) in [7, 11) is 0. The Labute approximate surface area is 103 Å². The topological polar surface area (TPSA) is 31.0 Å². The highest BCUT2D eigenvalue weighted by Gasteiger charge is 2.23. The molecule has 1 aromatic carbocycles. The number of ether oxygens (including phenoxy) is 3. The Hall–Kier alpha value is -1.22. The first-order valence-corrected chi connectivity index (χ1v) is 6.33. The summed E-state index contributed by atoms with van der Waals surface area (Å²) in [6.45, 7) is 6.25. The van der Waals surface area contributed by atoms with E-state index in [4.69, 9.17) is 14.2 Å². The largest absolute Gasteiger partial charge is 0.490 e. The van der Waals surface area contributed by atoms with Crippen LogP contribution >= 0.6 is 0 Å². The quantitative estimate of drug-likeness (QED) is 0.682. The van der Waals surface area contributed by atoms with Crippen molar-refractivity contribution in [1.29, 1.82) is 0 Å². The molecule has 0 aliphatic carbocycles. The van der Waals surface area contributed by atoms with E-state index in [-0.39, 0.29) is 6.10 Å². The van der Waals surface area contributed by atoms with E-state index >= 15 is 0 Å². The summed E-state index contributed by atoms with van der Waals surface area (Å²) in [4.78, 5) is 0. The lowest BCUT2D eigenvalue weighted by molar-refractivity contribution is 0.245. The van der Waals surface area contributed by atoms with Gasteiger partial charge in [0.1, 0.15) is 12.7 Å². The monoisotopic (exact) mass is 236 g/mol. The van der Waals surface area contributed by atoms with Gasteiger partial charge >= 0.3 is 0 Å². The molecule has 1 fully saturated rings. The molecule has 1 unspecified atom stereocenters. The highest BCUT2D eigenvalue weighted by molar-refractivity contribution is 5.43. The van der Waals surface area contributed by atoms with Crippen LogP contribution in [0.5, 0.6) is 11.5 Å². The van der Waals surface area contributed by atoms with Crippen LogP contribution < -0.4 is 9.47 Å². The third-order valence-corrected chi connectivity index (χ3v) is 2.67. The second-order valence-corrected chi connectivity index (χ2v) is 4.23. The fourth-order valence-corrected chi connectivity index (χ4v) is 1.73. The summed E-state index contributed by atoms with van der Waals surface area (Å²) in [5, 5.41) is 0. The van der Waals surface area contributed by atoms with Crippen LogP contribution in [0.2, 0.25) is 0 Å². The Bertz CT molecular complexity index is 358. The molecule has 1 heterocycles. The van der Waals surface area contributed by atoms with Crippen molar-refractivity contribution in [2.45, 2.75) is 32.8 Å². The first-order valence-electron chi connectivity index (χ1n) is 6.33. The van der Waals surface area contributed by atoms with E-state index in [0.29, 0.717) is 13.2 Å². The molecule has 0 aromatic heterocycles. The molecule has 1 aromatic rings.